The first-order valence-electron chi connectivity index (χ1n) is 14.7. The lowest BCUT2D eigenvalue weighted by atomic mass is 9.78. The largest absolute Gasteiger partial charge is 0.311 e. The molecule has 0 saturated carbocycles. The zero-order chi connectivity index (χ0) is 28.0. The highest BCUT2D eigenvalue weighted by atomic mass is 15.2. The molecule has 42 heavy (non-hydrogen) atoms. The van der Waals surface area contributed by atoms with Crippen LogP contribution >= 0.6 is 0 Å². The van der Waals surface area contributed by atoms with E-state index in [1.807, 2.05) is 12.3 Å². The van der Waals surface area contributed by atoms with Gasteiger partial charge in [0, 0.05) is 40.9 Å². The molecule has 3 aromatic carbocycles. The van der Waals surface area contributed by atoms with Crippen molar-refractivity contribution < 1.29 is 0 Å². The molecule has 4 heteroatoms. The van der Waals surface area contributed by atoms with Crippen LogP contribution in [-0.4, -0.2) is 16.2 Å². The summed E-state index contributed by atoms with van der Waals surface area (Å²) in [6, 6.07) is 29.9. The molecule has 4 aromatic rings. The molecule has 0 fully saturated rings. The number of allylic oxidation sites excluding steroid dienone is 7. The molecule has 0 saturated heterocycles. The van der Waals surface area contributed by atoms with Crippen molar-refractivity contribution in [1.82, 2.24) is 9.97 Å². The van der Waals surface area contributed by atoms with Crippen molar-refractivity contribution in [2.45, 2.75) is 31.6 Å². The van der Waals surface area contributed by atoms with E-state index in [0.29, 0.717) is 0 Å². The summed E-state index contributed by atoms with van der Waals surface area (Å²) in [4.78, 5) is 17.8. The Kier molecular flexibility index (Phi) is 5.92. The minimum atomic E-state index is 0.0299. The normalized spacial score (nSPS) is 18.8. The van der Waals surface area contributed by atoms with Crippen molar-refractivity contribution in [2.75, 3.05) is 4.90 Å². The summed E-state index contributed by atoms with van der Waals surface area (Å²) >= 11 is 0. The number of hydrogen-bond acceptors (Lipinski definition) is 4. The fourth-order valence-electron chi connectivity index (χ4n) is 6.57. The zero-order valence-corrected chi connectivity index (χ0v) is 23.4. The van der Waals surface area contributed by atoms with E-state index in [1.165, 1.54) is 33.7 Å². The molecular weight excluding hydrogens is 512 g/mol. The number of para-hydroxylation sites is 1. The molecule has 4 aliphatic rings. The Morgan fingerprint density at radius 1 is 0.857 bits per heavy atom. The molecule has 2 aliphatic heterocycles. The second-order valence-electron chi connectivity index (χ2n) is 11.3. The number of anilines is 2. The Morgan fingerprint density at radius 3 is 2.48 bits per heavy atom. The number of hydrogen-bond donors (Lipinski definition) is 0. The van der Waals surface area contributed by atoms with Crippen LogP contribution in [0, 0.1) is 0 Å². The number of rotatable bonds is 4. The van der Waals surface area contributed by atoms with Crippen LogP contribution in [0.15, 0.2) is 138 Å². The number of aliphatic imine (C=N–C) groups is 1. The lowest BCUT2D eigenvalue weighted by Crippen LogP contribution is -2.28. The molecule has 4 nitrogen and oxygen atoms in total. The summed E-state index contributed by atoms with van der Waals surface area (Å²) < 4.78 is 0. The van der Waals surface area contributed by atoms with Crippen LogP contribution in [0.3, 0.4) is 0 Å². The van der Waals surface area contributed by atoms with Gasteiger partial charge in [0.2, 0.25) is 0 Å². The highest BCUT2D eigenvalue weighted by molar-refractivity contribution is 5.99. The van der Waals surface area contributed by atoms with Crippen LogP contribution in [0.4, 0.5) is 11.4 Å². The van der Waals surface area contributed by atoms with E-state index in [9.17, 15) is 0 Å². The van der Waals surface area contributed by atoms with E-state index in [2.05, 4.69) is 115 Å². The maximum absolute atomic E-state index is 5.23. The molecule has 8 rings (SSSR count). The standard InChI is InChI=1S/C38H30N4/c1-25-20-35-37(39-24-25)31-22-29(21-28-16-11-19-34(36(28)31)42(35)30-17-9-4-10-18-30)38-40-32(26-12-5-2-6-13-26)23-33(41-38)27-14-7-3-8-15-27/h2-7,9-14,16-19,22-24,29H,1,8,15,20-21H2. The summed E-state index contributed by atoms with van der Waals surface area (Å²) in [5.74, 6) is 0.893. The zero-order valence-electron chi connectivity index (χ0n) is 23.4. The van der Waals surface area contributed by atoms with Crippen molar-refractivity contribution >= 4 is 28.7 Å². The third kappa shape index (κ3) is 4.19. The highest BCUT2D eigenvalue weighted by Gasteiger charge is 2.36. The summed E-state index contributed by atoms with van der Waals surface area (Å²) in [5, 5.41) is 0. The Bertz CT molecular complexity index is 1890. The molecule has 2 aliphatic carbocycles. The minimum Gasteiger partial charge on any atom is -0.311 e. The molecule has 1 aromatic heterocycles. The van der Waals surface area contributed by atoms with E-state index in [0.717, 1.165) is 65.4 Å². The topological polar surface area (TPSA) is 41.4 Å². The van der Waals surface area contributed by atoms with Crippen LogP contribution in [0.1, 0.15) is 47.8 Å². The number of nitrogens with zero attached hydrogens (tertiary/aromatic N) is 4. The fraction of sp³-hybridized carbons (Fsp3) is 0.132. The summed E-state index contributed by atoms with van der Waals surface area (Å²) in [7, 11) is 0. The average molecular weight is 543 g/mol. The van der Waals surface area contributed by atoms with Crippen LogP contribution in [0.25, 0.3) is 22.4 Å². The molecule has 0 radical (unpaired) electrons. The summed E-state index contributed by atoms with van der Waals surface area (Å²) in [6.45, 7) is 4.27. The average Bonchev–Trinajstić information content (AvgIpc) is 3.06. The Balaban J connectivity index is 1.31. The Morgan fingerprint density at radius 2 is 1.67 bits per heavy atom. The van der Waals surface area contributed by atoms with Crippen LogP contribution < -0.4 is 4.90 Å². The van der Waals surface area contributed by atoms with E-state index in [-0.39, 0.29) is 5.92 Å². The van der Waals surface area contributed by atoms with Gasteiger partial charge in [-0.05, 0) is 60.2 Å². The first-order valence-corrected chi connectivity index (χ1v) is 14.7. The molecule has 0 bridgehead atoms. The number of benzene rings is 3. The highest BCUT2D eigenvalue weighted by Crippen LogP contribution is 2.51. The van der Waals surface area contributed by atoms with E-state index < -0.39 is 0 Å². The van der Waals surface area contributed by atoms with Crippen molar-refractivity contribution in [3.63, 3.8) is 0 Å². The van der Waals surface area contributed by atoms with Gasteiger partial charge >= 0.3 is 0 Å². The van der Waals surface area contributed by atoms with Gasteiger partial charge in [0.05, 0.1) is 28.5 Å². The predicted molar refractivity (Wildman–Crippen MR) is 173 cm³/mol. The molecule has 0 N–H and O–H groups in total. The second-order valence-corrected chi connectivity index (χ2v) is 11.3. The quantitative estimate of drug-likeness (QED) is 0.258. The van der Waals surface area contributed by atoms with Gasteiger partial charge in [-0.2, -0.15) is 0 Å². The van der Waals surface area contributed by atoms with Crippen molar-refractivity contribution in [1.29, 1.82) is 0 Å². The minimum absolute atomic E-state index is 0.0299. The maximum atomic E-state index is 5.23. The van der Waals surface area contributed by atoms with Crippen LogP contribution in [0.5, 0.6) is 0 Å². The van der Waals surface area contributed by atoms with Gasteiger partial charge < -0.3 is 4.90 Å². The predicted octanol–water partition coefficient (Wildman–Crippen LogP) is 8.99. The smallest absolute Gasteiger partial charge is 0.136 e. The van der Waals surface area contributed by atoms with Gasteiger partial charge in [0.15, 0.2) is 0 Å². The van der Waals surface area contributed by atoms with E-state index in [1.54, 1.807) is 0 Å². The maximum Gasteiger partial charge on any atom is 0.136 e. The summed E-state index contributed by atoms with van der Waals surface area (Å²) in [5.41, 5.74) is 13.7. The first kappa shape index (κ1) is 24.7. The van der Waals surface area contributed by atoms with E-state index >= 15 is 0 Å². The lowest BCUT2D eigenvalue weighted by Gasteiger charge is -2.40. The Hall–Kier alpha value is -5.09. The fourth-order valence-corrected chi connectivity index (χ4v) is 6.57. The molecule has 0 amide bonds. The second kappa shape index (κ2) is 10.1. The van der Waals surface area contributed by atoms with E-state index in [4.69, 9.17) is 15.0 Å². The summed E-state index contributed by atoms with van der Waals surface area (Å²) in [6.07, 6.45) is 14.5. The molecule has 0 spiro atoms. The van der Waals surface area contributed by atoms with Crippen LogP contribution in [-0.2, 0) is 6.42 Å². The number of aromatic nitrogens is 2. The SMILES string of the molecule is C=C1C=NC2=C(C1)N(c1ccccc1)c1cccc3c1C2=CC(c1nc(C2=CC=CCC2)cc(-c2ccccc2)n1)C3. The van der Waals surface area contributed by atoms with Crippen molar-refractivity contribution in [2.24, 2.45) is 4.99 Å². The van der Waals surface area contributed by atoms with Gasteiger partial charge in [-0.25, -0.2) is 9.97 Å². The Labute approximate surface area is 246 Å². The lowest BCUT2D eigenvalue weighted by molar-refractivity contribution is 0.747. The van der Waals surface area contributed by atoms with Gasteiger partial charge in [0.1, 0.15) is 5.82 Å². The van der Waals surface area contributed by atoms with Gasteiger partial charge in [-0.1, -0.05) is 91.5 Å². The third-order valence-corrected chi connectivity index (χ3v) is 8.52. The van der Waals surface area contributed by atoms with Gasteiger partial charge in [-0.15, -0.1) is 0 Å². The molecule has 3 heterocycles. The first-order chi connectivity index (χ1) is 20.7. The molecule has 202 valence electrons. The molecular formula is C38H30N4. The van der Waals surface area contributed by atoms with Crippen molar-refractivity contribution in [3.05, 3.63) is 155 Å². The molecule has 1 atom stereocenters. The monoisotopic (exact) mass is 542 g/mol. The number of fused-ring (bicyclic) bond motifs is 1. The molecule has 1 unspecified atom stereocenters. The third-order valence-electron chi connectivity index (χ3n) is 8.52. The van der Waals surface area contributed by atoms with Crippen molar-refractivity contribution in [3.8, 4) is 11.3 Å². The van der Waals surface area contributed by atoms with Gasteiger partial charge in [0.25, 0.3) is 0 Å². The van der Waals surface area contributed by atoms with Gasteiger partial charge in [-0.3, -0.25) is 4.99 Å². The van der Waals surface area contributed by atoms with Crippen LogP contribution in [0.2, 0.25) is 0 Å².